The quantitative estimate of drug-likeness (QED) is 0.671. The fourth-order valence-corrected chi connectivity index (χ4v) is 1.84. The maximum absolute atomic E-state index is 11.8. The van der Waals surface area contributed by atoms with E-state index < -0.39 is 0 Å². The Morgan fingerprint density at radius 2 is 1.70 bits per heavy atom. The summed E-state index contributed by atoms with van der Waals surface area (Å²) in [6, 6.07) is 13.9. The molecule has 0 bridgehead atoms. The zero-order valence-electron chi connectivity index (χ0n) is 11.2. The molecular weight excluding hydrogens is 256 g/mol. The molecule has 0 aliphatic heterocycles. The minimum absolute atomic E-state index is 0.190. The van der Waals surface area contributed by atoms with E-state index in [9.17, 15) is 9.90 Å². The molecule has 2 aromatic rings. The lowest BCUT2D eigenvalue weighted by Crippen LogP contribution is -2.09. The number of carbonyl (C=O) groups is 1. The summed E-state index contributed by atoms with van der Waals surface area (Å²) in [6.45, 7) is 0. The molecule has 0 heterocycles. The van der Waals surface area contributed by atoms with Crippen LogP contribution in [0, 0.1) is 0 Å². The van der Waals surface area contributed by atoms with Crippen molar-refractivity contribution in [2.75, 3.05) is 7.11 Å². The lowest BCUT2D eigenvalue weighted by molar-refractivity contribution is -0.134. The third-order valence-electron chi connectivity index (χ3n) is 2.88. The highest BCUT2D eigenvalue weighted by Crippen LogP contribution is 2.26. The van der Waals surface area contributed by atoms with Gasteiger partial charge in [-0.1, -0.05) is 30.3 Å². The van der Waals surface area contributed by atoms with E-state index in [1.54, 1.807) is 42.5 Å². The van der Waals surface area contributed by atoms with Gasteiger partial charge in [0.25, 0.3) is 0 Å². The molecule has 1 N–H and O–H groups in total. The Balaban J connectivity index is 1.95. The summed E-state index contributed by atoms with van der Waals surface area (Å²) in [5.41, 5.74) is 0.726. The number of benzene rings is 2. The highest BCUT2D eigenvalue weighted by atomic mass is 16.6. The van der Waals surface area contributed by atoms with Gasteiger partial charge in [0.2, 0.25) is 0 Å². The summed E-state index contributed by atoms with van der Waals surface area (Å²) >= 11 is 0. The molecule has 0 atom stereocenters. The van der Waals surface area contributed by atoms with Gasteiger partial charge in [0, 0.05) is 0 Å². The Hall–Kier alpha value is -2.49. The number of esters is 1. The normalized spacial score (nSPS) is 10.1. The van der Waals surface area contributed by atoms with Gasteiger partial charge in [0.15, 0.2) is 11.5 Å². The second-order valence-electron chi connectivity index (χ2n) is 4.25. The second kappa shape index (κ2) is 6.61. The van der Waals surface area contributed by atoms with E-state index in [0.717, 1.165) is 5.56 Å². The molecule has 20 heavy (non-hydrogen) atoms. The molecule has 104 valence electrons. The Labute approximate surface area is 117 Å². The summed E-state index contributed by atoms with van der Waals surface area (Å²) in [5, 5.41) is 9.62. The van der Waals surface area contributed by atoms with Crippen molar-refractivity contribution in [2.24, 2.45) is 0 Å². The molecule has 0 saturated heterocycles. The van der Waals surface area contributed by atoms with E-state index in [0.29, 0.717) is 17.9 Å². The first-order valence-electron chi connectivity index (χ1n) is 6.31. The fourth-order valence-electron chi connectivity index (χ4n) is 1.84. The molecule has 0 spiro atoms. The van der Waals surface area contributed by atoms with Crippen LogP contribution in [0.25, 0.3) is 0 Å². The highest BCUT2D eigenvalue weighted by molar-refractivity contribution is 5.73. The van der Waals surface area contributed by atoms with Crippen molar-refractivity contribution in [1.29, 1.82) is 0 Å². The van der Waals surface area contributed by atoms with Gasteiger partial charge in [-0.25, -0.2) is 0 Å². The number of phenols is 1. The Morgan fingerprint density at radius 1 is 1.05 bits per heavy atom. The van der Waals surface area contributed by atoms with Crippen LogP contribution in [-0.4, -0.2) is 18.2 Å². The number of methoxy groups -OCH3 is 1. The predicted octanol–water partition coefficient (Wildman–Crippen LogP) is 2.94. The van der Waals surface area contributed by atoms with Crippen molar-refractivity contribution < 1.29 is 19.4 Å². The van der Waals surface area contributed by atoms with Gasteiger partial charge >= 0.3 is 5.97 Å². The smallest absolute Gasteiger partial charge is 0.311 e. The van der Waals surface area contributed by atoms with Crippen LogP contribution in [0.2, 0.25) is 0 Å². The van der Waals surface area contributed by atoms with E-state index in [4.69, 9.17) is 9.47 Å². The van der Waals surface area contributed by atoms with Crippen molar-refractivity contribution in [1.82, 2.24) is 0 Å². The van der Waals surface area contributed by atoms with Crippen LogP contribution in [0.5, 0.6) is 17.2 Å². The summed E-state index contributed by atoms with van der Waals surface area (Å²) in [5.74, 6) is 0.746. The average molecular weight is 272 g/mol. The molecule has 0 aromatic heterocycles. The molecule has 0 fully saturated rings. The molecule has 0 saturated carbocycles. The van der Waals surface area contributed by atoms with Crippen molar-refractivity contribution in [3.8, 4) is 17.2 Å². The molecule has 0 aliphatic carbocycles. The first kappa shape index (κ1) is 13.9. The molecule has 0 amide bonds. The molecule has 4 heteroatoms. The zero-order valence-corrected chi connectivity index (χ0v) is 11.2. The van der Waals surface area contributed by atoms with Gasteiger partial charge in [-0.3, -0.25) is 4.79 Å². The minimum Gasteiger partial charge on any atom is -0.508 e. The maximum Gasteiger partial charge on any atom is 0.311 e. The van der Waals surface area contributed by atoms with Gasteiger partial charge in [0.05, 0.1) is 13.5 Å². The van der Waals surface area contributed by atoms with Crippen LogP contribution >= 0.6 is 0 Å². The lowest BCUT2D eigenvalue weighted by atomic mass is 10.1. The number of carbonyl (C=O) groups excluding carboxylic acids is 1. The van der Waals surface area contributed by atoms with Crippen LogP contribution in [0.3, 0.4) is 0 Å². The Bertz CT molecular complexity index is 593. The van der Waals surface area contributed by atoms with Gasteiger partial charge in [0.1, 0.15) is 5.75 Å². The highest BCUT2D eigenvalue weighted by Gasteiger charge is 2.10. The molecule has 0 aliphatic rings. The van der Waals surface area contributed by atoms with Crippen molar-refractivity contribution >= 4 is 5.97 Å². The van der Waals surface area contributed by atoms with E-state index in [2.05, 4.69) is 0 Å². The number of aryl methyl sites for hydroxylation is 1. The molecule has 0 unspecified atom stereocenters. The first-order valence-corrected chi connectivity index (χ1v) is 6.31. The number of ether oxygens (including phenoxy) is 2. The van der Waals surface area contributed by atoms with Crippen molar-refractivity contribution in [3.63, 3.8) is 0 Å². The van der Waals surface area contributed by atoms with Gasteiger partial charge < -0.3 is 14.6 Å². The minimum atomic E-state index is -0.363. The third-order valence-corrected chi connectivity index (χ3v) is 2.88. The van der Waals surface area contributed by atoms with Crippen LogP contribution in [-0.2, 0) is 11.2 Å². The number of rotatable bonds is 5. The number of aromatic hydroxyl groups is 1. The second-order valence-corrected chi connectivity index (χ2v) is 4.25. The predicted molar refractivity (Wildman–Crippen MR) is 75.1 cm³/mol. The molecule has 2 rings (SSSR count). The van der Waals surface area contributed by atoms with E-state index in [-0.39, 0.29) is 18.1 Å². The number of phenolic OH excluding ortho intramolecular Hbond substituents is 1. The summed E-state index contributed by atoms with van der Waals surface area (Å²) < 4.78 is 10.4. The Morgan fingerprint density at radius 3 is 2.40 bits per heavy atom. The average Bonchev–Trinajstić information content (AvgIpc) is 2.47. The van der Waals surface area contributed by atoms with Crippen LogP contribution in [0.1, 0.15) is 12.0 Å². The third kappa shape index (κ3) is 3.51. The standard InChI is InChI=1S/C16H16O4/c1-19-14-8-4-5-9-15(14)20-16(18)11-10-12-6-2-3-7-13(12)17/h2-9,17H,10-11H2,1H3. The van der Waals surface area contributed by atoms with E-state index in [1.807, 2.05) is 6.07 Å². The van der Waals surface area contributed by atoms with E-state index >= 15 is 0 Å². The van der Waals surface area contributed by atoms with Crippen LogP contribution in [0.15, 0.2) is 48.5 Å². The largest absolute Gasteiger partial charge is 0.508 e. The van der Waals surface area contributed by atoms with Crippen LogP contribution < -0.4 is 9.47 Å². The summed E-state index contributed by atoms with van der Waals surface area (Å²) in [6.07, 6.45) is 0.621. The number of hydrogen-bond acceptors (Lipinski definition) is 4. The number of hydrogen-bond donors (Lipinski definition) is 1. The molecule has 4 nitrogen and oxygen atoms in total. The van der Waals surface area contributed by atoms with Crippen molar-refractivity contribution in [3.05, 3.63) is 54.1 Å². The zero-order chi connectivity index (χ0) is 14.4. The maximum atomic E-state index is 11.8. The summed E-state index contributed by atoms with van der Waals surface area (Å²) in [7, 11) is 1.52. The molecule has 2 aromatic carbocycles. The van der Waals surface area contributed by atoms with E-state index in [1.165, 1.54) is 7.11 Å². The number of para-hydroxylation sites is 3. The van der Waals surface area contributed by atoms with Gasteiger partial charge in [-0.2, -0.15) is 0 Å². The van der Waals surface area contributed by atoms with Gasteiger partial charge in [-0.15, -0.1) is 0 Å². The topological polar surface area (TPSA) is 55.8 Å². The fraction of sp³-hybridized carbons (Fsp3) is 0.188. The lowest BCUT2D eigenvalue weighted by Gasteiger charge is -2.09. The monoisotopic (exact) mass is 272 g/mol. The molecule has 0 radical (unpaired) electrons. The van der Waals surface area contributed by atoms with Crippen LogP contribution in [0.4, 0.5) is 0 Å². The van der Waals surface area contributed by atoms with Gasteiger partial charge in [-0.05, 0) is 30.2 Å². The SMILES string of the molecule is COc1ccccc1OC(=O)CCc1ccccc1O. The summed E-state index contributed by atoms with van der Waals surface area (Å²) in [4.78, 5) is 11.8. The first-order chi connectivity index (χ1) is 9.70. The Kier molecular flexibility index (Phi) is 4.60. The molecular formula is C16H16O4. The van der Waals surface area contributed by atoms with Crippen molar-refractivity contribution in [2.45, 2.75) is 12.8 Å².